The van der Waals surface area contributed by atoms with Crippen molar-refractivity contribution in [1.82, 2.24) is 0 Å². The third kappa shape index (κ3) is 3.10. The van der Waals surface area contributed by atoms with Gasteiger partial charge in [0.1, 0.15) is 5.82 Å². The second-order valence-electron chi connectivity index (χ2n) is 3.75. The molecule has 0 unspecified atom stereocenters. The Bertz CT molecular complexity index is 581. The lowest BCUT2D eigenvalue weighted by Gasteiger charge is -2.10. The molecule has 0 aliphatic carbocycles. The van der Waals surface area contributed by atoms with Gasteiger partial charge in [-0.05, 0) is 31.2 Å². The molecule has 0 amide bonds. The van der Waals surface area contributed by atoms with Gasteiger partial charge < -0.3 is 9.47 Å². The van der Waals surface area contributed by atoms with Crippen molar-refractivity contribution in [2.45, 2.75) is 6.92 Å². The summed E-state index contributed by atoms with van der Waals surface area (Å²) in [7, 11) is 0. The summed E-state index contributed by atoms with van der Waals surface area (Å²) in [5.74, 6) is -0.626. The van der Waals surface area contributed by atoms with Crippen LogP contribution in [0.2, 0.25) is 0 Å². The van der Waals surface area contributed by atoms with Crippen LogP contribution in [0.3, 0.4) is 0 Å². The third-order valence-corrected chi connectivity index (χ3v) is 2.45. The van der Waals surface area contributed by atoms with Crippen LogP contribution < -0.4 is 9.47 Å². The minimum absolute atomic E-state index is 0.103. The Kier molecular flexibility index (Phi) is 4.13. The van der Waals surface area contributed by atoms with E-state index < -0.39 is 11.8 Å². The molecule has 0 fully saturated rings. The monoisotopic (exact) mass is 260 g/mol. The molecule has 98 valence electrons. The molecule has 0 atom stereocenters. The number of carbonyl (C=O) groups excluding carboxylic acids is 1. The molecular formula is C15H13FO3. The molecule has 0 saturated carbocycles. The first-order chi connectivity index (χ1) is 9.22. The Balaban J connectivity index is 2.22. The number of carbonyl (C=O) groups is 1. The molecule has 0 aliphatic heterocycles. The second kappa shape index (κ2) is 6.00. The fourth-order valence-electron chi connectivity index (χ4n) is 1.59. The van der Waals surface area contributed by atoms with Gasteiger partial charge in [-0.15, -0.1) is 0 Å². The average molecular weight is 260 g/mol. The van der Waals surface area contributed by atoms with Crippen molar-refractivity contribution in [3.05, 3.63) is 59.9 Å². The van der Waals surface area contributed by atoms with Gasteiger partial charge in [-0.2, -0.15) is 0 Å². The molecule has 0 heterocycles. The number of ether oxygens (including phenoxy) is 2. The van der Waals surface area contributed by atoms with Gasteiger partial charge in [0.25, 0.3) is 0 Å². The van der Waals surface area contributed by atoms with Gasteiger partial charge in [0, 0.05) is 0 Å². The summed E-state index contributed by atoms with van der Waals surface area (Å²) >= 11 is 0. The normalized spacial score (nSPS) is 10.0. The molecule has 4 heteroatoms. The maximum Gasteiger partial charge on any atom is 0.346 e. The van der Waals surface area contributed by atoms with E-state index in [4.69, 9.17) is 9.47 Å². The van der Waals surface area contributed by atoms with E-state index in [1.54, 1.807) is 30.3 Å². The third-order valence-electron chi connectivity index (χ3n) is 2.45. The van der Waals surface area contributed by atoms with Crippen LogP contribution in [0.5, 0.6) is 11.5 Å². The van der Waals surface area contributed by atoms with Crippen LogP contribution in [-0.2, 0) is 0 Å². The number of rotatable bonds is 4. The van der Waals surface area contributed by atoms with Crippen LogP contribution in [0.4, 0.5) is 4.39 Å². The number of benzene rings is 2. The van der Waals surface area contributed by atoms with E-state index in [0.29, 0.717) is 12.4 Å². The van der Waals surface area contributed by atoms with Crippen molar-refractivity contribution in [3.8, 4) is 11.5 Å². The molecule has 0 saturated heterocycles. The number of halogens is 1. The number of para-hydroxylation sites is 2. The summed E-state index contributed by atoms with van der Waals surface area (Å²) in [6.07, 6.45) is 0. The highest BCUT2D eigenvalue weighted by Gasteiger charge is 2.15. The first-order valence-electron chi connectivity index (χ1n) is 5.91. The number of esters is 1. The Morgan fingerprint density at radius 3 is 2.37 bits per heavy atom. The minimum atomic E-state index is -0.745. The Hall–Kier alpha value is -2.36. The van der Waals surface area contributed by atoms with E-state index >= 15 is 0 Å². The van der Waals surface area contributed by atoms with E-state index in [1.807, 2.05) is 6.92 Å². The van der Waals surface area contributed by atoms with E-state index in [9.17, 15) is 9.18 Å². The summed E-state index contributed by atoms with van der Waals surface area (Å²) in [4.78, 5) is 11.9. The van der Waals surface area contributed by atoms with E-state index in [2.05, 4.69) is 0 Å². The zero-order chi connectivity index (χ0) is 13.7. The predicted molar refractivity (Wildman–Crippen MR) is 69.0 cm³/mol. The number of hydrogen-bond acceptors (Lipinski definition) is 3. The van der Waals surface area contributed by atoms with Crippen molar-refractivity contribution >= 4 is 5.97 Å². The topological polar surface area (TPSA) is 35.5 Å². The van der Waals surface area contributed by atoms with Crippen LogP contribution in [0.15, 0.2) is 48.5 Å². The maximum atomic E-state index is 13.5. The van der Waals surface area contributed by atoms with Crippen molar-refractivity contribution in [1.29, 1.82) is 0 Å². The molecule has 2 rings (SSSR count). The van der Waals surface area contributed by atoms with E-state index in [1.165, 1.54) is 18.2 Å². The highest BCUT2D eigenvalue weighted by molar-refractivity contribution is 5.91. The summed E-state index contributed by atoms with van der Waals surface area (Å²) in [6.45, 7) is 2.28. The lowest BCUT2D eigenvalue weighted by Crippen LogP contribution is -2.11. The van der Waals surface area contributed by atoms with Crippen LogP contribution in [0.25, 0.3) is 0 Å². The highest BCUT2D eigenvalue weighted by Crippen LogP contribution is 2.27. The van der Waals surface area contributed by atoms with Gasteiger partial charge >= 0.3 is 5.97 Å². The van der Waals surface area contributed by atoms with Crippen LogP contribution in [-0.4, -0.2) is 12.6 Å². The van der Waals surface area contributed by atoms with Crippen molar-refractivity contribution < 1.29 is 18.7 Å². The molecule has 3 nitrogen and oxygen atoms in total. The van der Waals surface area contributed by atoms with Crippen LogP contribution in [0, 0.1) is 5.82 Å². The molecule has 0 radical (unpaired) electrons. The lowest BCUT2D eigenvalue weighted by molar-refractivity contribution is 0.0723. The Morgan fingerprint density at radius 2 is 1.68 bits per heavy atom. The second-order valence-corrected chi connectivity index (χ2v) is 3.75. The molecule has 0 N–H and O–H groups in total. The molecule has 0 bridgehead atoms. The van der Waals surface area contributed by atoms with Gasteiger partial charge in [0.2, 0.25) is 0 Å². The Morgan fingerprint density at radius 1 is 1.05 bits per heavy atom. The first kappa shape index (κ1) is 13.1. The highest BCUT2D eigenvalue weighted by atomic mass is 19.1. The number of hydrogen-bond donors (Lipinski definition) is 0. The van der Waals surface area contributed by atoms with E-state index in [0.717, 1.165) is 0 Å². The largest absolute Gasteiger partial charge is 0.490 e. The first-order valence-corrected chi connectivity index (χ1v) is 5.91. The molecular weight excluding hydrogens is 247 g/mol. The standard InChI is InChI=1S/C15H13FO3/c1-2-18-13-9-5-6-10-14(13)19-15(17)11-7-3-4-8-12(11)16/h3-10H,2H2,1H3. The van der Waals surface area contributed by atoms with Gasteiger partial charge in [-0.3, -0.25) is 0 Å². The molecule has 0 spiro atoms. The maximum absolute atomic E-state index is 13.5. The SMILES string of the molecule is CCOc1ccccc1OC(=O)c1ccccc1F. The fraction of sp³-hybridized carbons (Fsp3) is 0.133. The van der Waals surface area contributed by atoms with Crippen LogP contribution in [0.1, 0.15) is 17.3 Å². The summed E-state index contributed by atoms with van der Waals surface area (Å²) in [5.41, 5.74) is -0.103. The van der Waals surface area contributed by atoms with Gasteiger partial charge in [0.15, 0.2) is 11.5 Å². The lowest BCUT2D eigenvalue weighted by atomic mass is 10.2. The molecule has 19 heavy (non-hydrogen) atoms. The van der Waals surface area contributed by atoms with Gasteiger partial charge in [-0.1, -0.05) is 24.3 Å². The van der Waals surface area contributed by atoms with Crippen LogP contribution >= 0.6 is 0 Å². The molecule has 2 aromatic carbocycles. The minimum Gasteiger partial charge on any atom is -0.490 e. The molecule has 0 aromatic heterocycles. The van der Waals surface area contributed by atoms with Gasteiger partial charge in [-0.25, -0.2) is 9.18 Å². The summed E-state index contributed by atoms with van der Waals surface area (Å²) in [5, 5.41) is 0. The predicted octanol–water partition coefficient (Wildman–Crippen LogP) is 3.44. The van der Waals surface area contributed by atoms with Crippen molar-refractivity contribution in [2.24, 2.45) is 0 Å². The smallest absolute Gasteiger partial charge is 0.346 e. The van der Waals surface area contributed by atoms with Crippen molar-refractivity contribution in [3.63, 3.8) is 0 Å². The molecule has 2 aromatic rings. The zero-order valence-corrected chi connectivity index (χ0v) is 10.4. The van der Waals surface area contributed by atoms with E-state index in [-0.39, 0.29) is 11.3 Å². The quantitative estimate of drug-likeness (QED) is 0.624. The zero-order valence-electron chi connectivity index (χ0n) is 10.4. The fourth-order valence-corrected chi connectivity index (χ4v) is 1.59. The van der Waals surface area contributed by atoms with Crippen molar-refractivity contribution in [2.75, 3.05) is 6.61 Å². The molecule has 0 aliphatic rings. The Labute approximate surface area is 110 Å². The average Bonchev–Trinajstić information content (AvgIpc) is 2.41. The summed E-state index contributed by atoms with van der Waals surface area (Å²) in [6, 6.07) is 12.5. The van der Waals surface area contributed by atoms with Gasteiger partial charge in [0.05, 0.1) is 12.2 Å². The summed E-state index contributed by atoms with van der Waals surface area (Å²) < 4.78 is 24.0.